The Morgan fingerprint density at radius 2 is 1.89 bits per heavy atom. The van der Waals surface area contributed by atoms with E-state index in [-0.39, 0.29) is 0 Å². The maximum atomic E-state index is 3.77. The molecule has 2 rings (SSSR count). The van der Waals surface area contributed by atoms with Crippen molar-refractivity contribution < 1.29 is 0 Å². The highest BCUT2D eigenvalue weighted by Gasteiger charge is 2.34. The number of rotatable bonds is 7. The molecule has 0 aromatic rings. The van der Waals surface area contributed by atoms with Crippen LogP contribution >= 0.6 is 0 Å². The Morgan fingerprint density at radius 3 is 2.39 bits per heavy atom. The average molecular weight is 252 g/mol. The molecule has 1 saturated carbocycles. The zero-order valence-corrected chi connectivity index (χ0v) is 12.7. The van der Waals surface area contributed by atoms with Crippen molar-refractivity contribution in [3.8, 4) is 0 Å². The van der Waals surface area contributed by atoms with Gasteiger partial charge < -0.3 is 10.2 Å². The highest BCUT2D eigenvalue weighted by atomic mass is 15.2. The third-order valence-corrected chi connectivity index (χ3v) is 5.22. The molecule has 1 atom stereocenters. The zero-order chi connectivity index (χ0) is 13.0. The monoisotopic (exact) mass is 252 g/mol. The smallest absolute Gasteiger partial charge is 0.0223 e. The van der Waals surface area contributed by atoms with Crippen molar-refractivity contribution in [3.05, 3.63) is 0 Å². The van der Waals surface area contributed by atoms with Crippen molar-refractivity contribution in [1.29, 1.82) is 0 Å². The molecule has 1 aliphatic carbocycles. The first-order chi connectivity index (χ1) is 8.67. The second-order valence-corrected chi connectivity index (χ2v) is 6.86. The van der Waals surface area contributed by atoms with E-state index in [0.717, 1.165) is 12.0 Å². The van der Waals surface area contributed by atoms with Gasteiger partial charge in [0.05, 0.1) is 0 Å². The number of nitrogens with one attached hydrogen (secondary N) is 1. The molecule has 106 valence electrons. The van der Waals surface area contributed by atoms with E-state index in [4.69, 9.17) is 0 Å². The number of likely N-dealkylation sites (tertiary alicyclic amines) is 1. The van der Waals surface area contributed by atoms with Crippen molar-refractivity contribution in [2.24, 2.45) is 11.3 Å². The lowest BCUT2D eigenvalue weighted by molar-refractivity contribution is 0.104. The van der Waals surface area contributed by atoms with Gasteiger partial charge in [0.2, 0.25) is 0 Å². The Kier molecular flexibility index (Phi) is 5.08. The predicted octanol–water partition coefficient (Wildman–Crippen LogP) is 3.28. The summed E-state index contributed by atoms with van der Waals surface area (Å²) in [5, 5.41) is 3.77. The summed E-state index contributed by atoms with van der Waals surface area (Å²) < 4.78 is 0. The molecule has 0 aromatic carbocycles. The summed E-state index contributed by atoms with van der Waals surface area (Å²) in [6, 6.07) is 0.774. The summed E-state index contributed by atoms with van der Waals surface area (Å²) in [5.41, 5.74) is 0.627. The third kappa shape index (κ3) is 3.96. The quantitative estimate of drug-likeness (QED) is 0.748. The Hall–Kier alpha value is -0.0800. The fourth-order valence-corrected chi connectivity index (χ4v) is 3.12. The van der Waals surface area contributed by atoms with E-state index in [1.807, 2.05) is 0 Å². The maximum Gasteiger partial charge on any atom is 0.0223 e. The van der Waals surface area contributed by atoms with Gasteiger partial charge in [0.15, 0.2) is 0 Å². The van der Waals surface area contributed by atoms with Crippen LogP contribution in [0.25, 0.3) is 0 Å². The molecule has 1 saturated heterocycles. The summed E-state index contributed by atoms with van der Waals surface area (Å²) in [6.07, 6.45) is 8.32. The topological polar surface area (TPSA) is 15.3 Å². The van der Waals surface area contributed by atoms with Crippen LogP contribution in [0, 0.1) is 11.3 Å². The second kappa shape index (κ2) is 6.38. The highest BCUT2D eigenvalue weighted by Crippen LogP contribution is 2.36. The highest BCUT2D eigenvalue weighted by molar-refractivity contribution is 4.90. The van der Waals surface area contributed by atoms with Gasteiger partial charge in [-0.15, -0.1) is 0 Å². The van der Waals surface area contributed by atoms with Crippen molar-refractivity contribution >= 4 is 0 Å². The van der Waals surface area contributed by atoms with Gasteiger partial charge in [-0.1, -0.05) is 27.2 Å². The lowest BCUT2D eigenvalue weighted by Crippen LogP contribution is -2.47. The van der Waals surface area contributed by atoms with E-state index >= 15 is 0 Å². The number of hydrogen-bond acceptors (Lipinski definition) is 2. The van der Waals surface area contributed by atoms with Crippen LogP contribution < -0.4 is 5.32 Å². The Bertz CT molecular complexity index is 239. The standard InChI is InChI=1S/C16H32N2/c1-4-10-17-15(14-6-7-14)13-18-11-8-16(3,5-2)9-12-18/h14-15,17H,4-13H2,1-3H3. The number of nitrogens with zero attached hydrogens (tertiary/aromatic N) is 1. The van der Waals surface area contributed by atoms with Crippen molar-refractivity contribution in [2.75, 3.05) is 26.2 Å². The molecule has 2 heteroatoms. The molecule has 1 aliphatic heterocycles. The summed E-state index contributed by atoms with van der Waals surface area (Å²) in [7, 11) is 0. The Labute approximate surface area is 114 Å². The Balaban J connectivity index is 1.75. The van der Waals surface area contributed by atoms with Gasteiger partial charge in [-0.2, -0.15) is 0 Å². The first kappa shape index (κ1) is 14.3. The molecular formula is C16H32N2. The lowest BCUT2D eigenvalue weighted by atomic mass is 9.78. The van der Waals surface area contributed by atoms with Crippen LogP contribution in [-0.2, 0) is 0 Å². The minimum absolute atomic E-state index is 0.627. The first-order valence-corrected chi connectivity index (χ1v) is 8.12. The Morgan fingerprint density at radius 1 is 1.22 bits per heavy atom. The summed E-state index contributed by atoms with van der Waals surface area (Å²) in [6.45, 7) is 12.2. The van der Waals surface area contributed by atoms with Crippen LogP contribution in [0.5, 0.6) is 0 Å². The summed E-state index contributed by atoms with van der Waals surface area (Å²) in [4.78, 5) is 2.71. The van der Waals surface area contributed by atoms with E-state index in [1.165, 1.54) is 64.7 Å². The first-order valence-electron chi connectivity index (χ1n) is 8.12. The molecule has 18 heavy (non-hydrogen) atoms. The molecule has 0 radical (unpaired) electrons. The molecule has 0 spiro atoms. The van der Waals surface area contributed by atoms with Gasteiger partial charge in [-0.05, 0) is 63.1 Å². The molecule has 0 amide bonds. The van der Waals surface area contributed by atoms with Gasteiger partial charge in [0.1, 0.15) is 0 Å². The zero-order valence-electron chi connectivity index (χ0n) is 12.7. The van der Waals surface area contributed by atoms with Crippen molar-refractivity contribution in [2.45, 2.75) is 65.3 Å². The molecule has 0 bridgehead atoms. The molecular weight excluding hydrogens is 220 g/mol. The van der Waals surface area contributed by atoms with Crippen LogP contribution in [0.3, 0.4) is 0 Å². The van der Waals surface area contributed by atoms with E-state index < -0.39 is 0 Å². The normalized spacial score (nSPS) is 26.2. The largest absolute Gasteiger partial charge is 0.312 e. The molecule has 1 N–H and O–H groups in total. The van der Waals surface area contributed by atoms with Gasteiger partial charge in [-0.25, -0.2) is 0 Å². The third-order valence-electron chi connectivity index (χ3n) is 5.22. The predicted molar refractivity (Wildman–Crippen MR) is 78.9 cm³/mol. The minimum atomic E-state index is 0.627. The van der Waals surface area contributed by atoms with Crippen LogP contribution in [-0.4, -0.2) is 37.1 Å². The van der Waals surface area contributed by atoms with Crippen molar-refractivity contribution in [3.63, 3.8) is 0 Å². The van der Waals surface area contributed by atoms with Crippen LogP contribution in [0.4, 0.5) is 0 Å². The van der Waals surface area contributed by atoms with Gasteiger partial charge in [0.25, 0.3) is 0 Å². The fourth-order valence-electron chi connectivity index (χ4n) is 3.12. The maximum absolute atomic E-state index is 3.77. The van der Waals surface area contributed by atoms with E-state index in [1.54, 1.807) is 0 Å². The SMILES string of the molecule is CCCNC(CN1CCC(C)(CC)CC1)C1CC1. The lowest BCUT2D eigenvalue weighted by Gasteiger charge is -2.40. The summed E-state index contributed by atoms with van der Waals surface area (Å²) >= 11 is 0. The van der Waals surface area contributed by atoms with E-state index in [0.29, 0.717) is 5.41 Å². The second-order valence-electron chi connectivity index (χ2n) is 6.86. The molecule has 2 nitrogen and oxygen atoms in total. The van der Waals surface area contributed by atoms with Gasteiger partial charge >= 0.3 is 0 Å². The molecule has 1 unspecified atom stereocenters. The van der Waals surface area contributed by atoms with Crippen LogP contribution in [0.2, 0.25) is 0 Å². The van der Waals surface area contributed by atoms with E-state index in [9.17, 15) is 0 Å². The van der Waals surface area contributed by atoms with Gasteiger partial charge in [-0.3, -0.25) is 0 Å². The number of piperidine rings is 1. The fraction of sp³-hybridized carbons (Fsp3) is 1.00. The molecule has 0 aromatic heterocycles. The summed E-state index contributed by atoms with van der Waals surface area (Å²) in [5.74, 6) is 0.982. The molecule has 1 heterocycles. The minimum Gasteiger partial charge on any atom is -0.312 e. The molecule has 2 aliphatic rings. The van der Waals surface area contributed by atoms with E-state index in [2.05, 4.69) is 31.0 Å². The van der Waals surface area contributed by atoms with Crippen molar-refractivity contribution in [1.82, 2.24) is 10.2 Å². The number of hydrogen-bond donors (Lipinski definition) is 1. The van der Waals surface area contributed by atoms with Crippen LogP contribution in [0.15, 0.2) is 0 Å². The van der Waals surface area contributed by atoms with Crippen LogP contribution in [0.1, 0.15) is 59.3 Å². The average Bonchev–Trinajstić information content (AvgIpc) is 3.21. The van der Waals surface area contributed by atoms with Gasteiger partial charge in [0, 0.05) is 12.6 Å². The molecule has 2 fully saturated rings.